The normalized spacial score (nSPS) is 16.2. The van der Waals surface area contributed by atoms with E-state index < -0.39 is 0 Å². The Morgan fingerprint density at radius 2 is 1.96 bits per heavy atom. The van der Waals surface area contributed by atoms with E-state index in [1.165, 1.54) is 18.4 Å². The summed E-state index contributed by atoms with van der Waals surface area (Å²) in [4.78, 5) is 14.6. The molecule has 0 bridgehead atoms. The van der Waals surface area contributed by atoms with Gasteiger partial charge in [-0.25, -0.2) is 4.79 Å². The van der Waals surface area contributed by atoms with Crippen LogP contribution in [0.1, 0.15) is 24.4 Å². The van der Waals surface area contributed by atoms with Crippen molar-refractivity contribution in [2.24, 2.45) is 0 Å². The van der Waals surface area contributed by atoms with E-state index in [1.807, 2.05) is 0 Å². The summed E-state index contributed by atoms with van der Waals surface area (Å²) in [5.41, 5.74) is 2.02. The fourth-order valence-electron chi connectivity index (χ4n) is 2.87. The van der Waals surface area contributed by atoms with Crippen molar-refractivity contribution < 1.29 is 4.79 Å². The second-order valence-corrected chi connectivity index (χ2v) is 6.87. The van der Waals surface area contributed by atoms with Crippen molar-refractivity contribution in [3.63, 3.8) is 0 Å². The Bertz CT molecular complexity index is 624. The SMILES string of the molecule is O=C(NC[C@H](c1ccsc1)N1CCCC1)Nc1ccc(Cl)cc1. The van der Waals surface area contributed by atoms with Crippen molar-refractivity contribution in [1.82, 2.24) is 10.2 Å². The standard InChI is InChI=1S/C17H20ClN3OS/c18-14-3-5-15(6-4-14)20-17(22)19-11-16(13-7-10-23-12-13)21-8-1-2-9-21/h3-7,10,12,16H,1-2,8-9,11H2,(H2,19,20,22)/t16-/m1/s1. The van der Waals surface area contributed by atoms with Crippen LogP contribution >= 0.6 is 22.9 Å². The maximum Gasteiger partial charge on any atom is 0.319 e. The Balaban J connectivity index is 1.57. The zero-order valence-corrected chi connectivity index (χ0v) is 14.4. The van der Waals surface area contributed by atoms with Crippen molar-refractivity contribution in [2.75, 3.05) is 25.0 Å². The van der Waals surface area contributed by atoms with Gasteiger partial charge in [-0.1, -0.05) is 11.6 Å². The first-order valence-electron chi connectivity index (χ1n) is 7.79. The topological polar surface area (TPSA) is 44.4 Å². The summed E-state index contributed by atoms with van der Waals surface area (Å²) in [6, 6.07) is 9.31. The number of likely N-dealkylation sites (tertiary alicyclic amines) is 1. The van der Waals surface area contributed by atoms with E-state index in [1.54, 1.807) is 35.6 Å². The van der Waals surface area contributed by atoms with E-state index >= 15 is 0 Å². The highest BCUT2D eigenvalue weighted by atomic mass is 35.5. The number of nitrogens with one attached hydrogen (secondary N) is 2. The molecule has 0 radical (unpaired) electrons. The molecule has 0 saturated carbocycles. The molecule has 122 valence electrons. The van der Waals surface area contributed by atoms with E-state index in [4.69, 9.17) is 11.6 Å². The number of carbonyl (C=O) groups excluding carboxylic acids is 1. The highest BCUT2D eigenvalue weighted by Crippen LogP contribution is 2.26. The fraction of sp³-hybridized carbons (Fsp3) is 0.353. The maximum atomic E-state index is 12.1. The molecule has 1 fully saturated rings. The van der Waals surface area contributed by atoms with Crippen LogP contribution in [0.4, 0.5) is 10.5 Å². The second-order valence-electron chi connectivity index (χ2n) is 5.66. The fourth-order valence-corrected chi connectivity index (χ4v) is 3.71. The second kappa shape index (κ2) is 7.81. The number of amides is 2. The molecule has 0 spiro atoms. The van der Waals surface area contributed by atoms with Crippen molar-refractivity contribution in [1.29, 1.82) is 0 Å². The zero-order chi connectivity index (χ0) is 16.1. The van der Waals surface area contributed by atoms with E-state index in [2.05, 4.69) is 32.4 Å². The molecular formula is C17H20ClN3OS. The molecule has 1 aromatic carbocycles. The van der Waals surface area contributed by atoms with Gasteiger partial charge < -0.3 is 10.6 Å². The Morgan fingerprint density at radius 1 is 1.22 bits per heavy atom. The number of benzene rings is 1. The van der Waals surface area contributed by atoms with E-state index in [-0.39, 0.29) is 12.1 Å². The number of carbonyl (C=O) groups is 1. The first-order chi connectivity index (χ1) is 11.2. The predicted octanol–water partition coefficient (Wildman–Crippen LogP) is 4.36. The number of hydrogen-bond donors (Lipinski definition) is 2. The van der Waals surface area contributed by atoms with Crippen molar-refractivity contribution in [3.8, 4) is 0 Å². The van der Waals surface area contributed by atoms with Gasteiger partial charge in [-0.15, -0.1) is 0 Å². The van der Waals surface area contributed by atoms with Gasteiger partial charge in [0.1, 0.15) is 0 Å². The third-order valence-corrected chi connectivity index (χ3v) is 5.02. The summed E-state index contributed by atoms with van der Waals surface area (Å²) in [5.74, 6) is 0. The average Bonchev–Trinajstić information content (AvgIpc) is 3.24. The van der Waals surface area contributed by atoms with E-state index in [0.717, 1.165) is 18.8 Å². The third-order valence-electron chi connectivity index (χ3n) is 4.07. The number of rotatable bonds is 5. The molecule has 1 aromatic heterocycles. The number of thiophene rings is 1. The molecule has 0 aliphatic carbocycles. The highest BCUT2D eigenvalue weighted by Gasteiger charge is 2.24. The summed E-state index contributed by atoms with van der Waals surface area (Å²) in [7, 11) is 0. The van der Waals surface area contributed by atoms with Gasteiger partial charge in [0, 0.05) is 17.3 Å². The molecule has 0 unspecified atom stereocenters. The van der Waals surface area contributed by atoms with Gasteiger partial charge in [-0.3, -0.25) is 4.90 Å². The lowest BCUT2D eigenvalue weighted by Gasteiger charge is -2.27. The minimum Gasteiger partial charge on any atom is -0.336 e. The highest BCUT2D eigenvalue weighted by molar-refractivity contribution is 7.07. The summed E-state index contributed by atoms with van der Waals surface area (Å²) < 4.78 is 0. The van der Waals surface area contributed by atoms with Gasteiger partial charge in [0.05, 0.1) is 6.04 Å². The molecule has 4 nitrogen and oxygen atoms in total. The van der Waals surface area contributed by atoms with Gasteiger partial charge >= 0.3 is 6.03 Å². The Morgan fingerprint density at radius 3 is 2.61 bits per heavy atom. The van der Waals surface area contributed by atoms with Crippen LogP contribution in [-0.4, -0.2) is 30.6 Å². The molecule has 2 aromatic rings. The lowest BCUT2D eigenvalue weighted by atomic mass is 10.1. The third kappa shape index (κ3) is 4.47. The lowest BCUT2D eigenvalue weighted by Crippen LogP contribution is -2.38. The molecule has 6 heteroatoms. The molecule has 1 aliphatic rings. The smallest absolute Gasteiger partial charge is 0.319 e. The van der Waals surface area contributed by atoms with Gasteiger partial charge in [0.15, 0.2) is 0 Å². The minimum absolute atomic E-state index is 0.188. The Labute approximate surface area is 145 Å². The van der Waals surface area contributed by atoms with Crippen LogP contribution in [0.15, 0.2) is 41.1 Å². The minimum atomic E-state index is -0.188. The molecule has 1 atom stereocenters. The first-order valence-corrected chi connectivity index (χ1v) is 9.11. The Hall–Kier alpha value is -1.56. The molecule has 1 saturated heterocycles. The summed E-state index contributed by atoms with van der Waals surface area (Å²) in [6.45, 7) is 2.80. The lowest BCUT2D eigenvalue weighted by molar-refractivity contribution is 0.228. The van der Waals surface area contributed by atoms with Crippen molar-refractivity contribution >= 4 is 34.7 Å². The molecule has 23 heavy (non-hydrogen) atoms. The average molecular weight is 350 g/mol. The van der Waals surface area contributed by atoms with E-state index in [0.29, 0.717) is 11.6 Å². The van der Waals surface area contributed by atoms with Crippen LogP contribution < -0.4 is 10.6 Å². The number of hydrogen-bond acceptors (Lipinski definition) is 3. The maximum absolute atomic E-state index is 12.1. The summed E-state index contributed by atoms with van der Waals surface area (Å²) in [5, 5.41) is 10.7. The number of urea groups is 1. The van der Waals surface area contributed by atoms with Crippen LogP contribution in [-0.2, 0) is 0 Å². The number of nitrogens with zero attached hydrogens (tertiary/aromatic N) is 1. The zero-order valence-electron chi connectivity index (χ0n) is 12.8. The number of halogens is 1. The number of anilines is 1. The van der Waals surface area contributed by atoms with Gasteiger partial charge in [-0.2, -0.15) is 11.3 Å². The first kappa shape index (κ1) is 16.3. The molecule has 2 amide bonds. The predicted molar refractivity (Wildman–Crippen MR) is 96.3 cm³/mol. The largest absolute Gasteiger partial charge is 0.336 e. The summed E-state index contributed by atoms with van der Waals surface area (Å²) in [6.07, 6.45) is 2.47. The monoisotopic (exact) mass is 349 g/mol. The molecule has 3 rings (SSSR count). The van der Waals surface area contributed by atoms with Gasteiger partial charge in [-0.05, 0) is 72.6 Å². The molecular weight excluding hydrogens is 330 g/mol. The quantitative estimate of drug-likeness (QED) is 0.842. The van der Waals surface area contributed by atoms with Crippen LogP contribution in [0.25, 0.3) is 0 Å². The van der Waals surface area contributed by atoms with Crippen LogP contribution in [0.5, 0.6) is 0 Å². The molecule has 2 N–H and O–H groups in total. The molecule has 1 aliphatic heterocycles. The van der Waals surface area contributed by atoms with Crippen LogP contribution in [0.2, 0.25) is 5.02 Å². The van der Waals surface area contributed by atoms with E-state index in [9.17, 15) is 4.79 Å². The van der Waals surface area contributed by atoms with Crippen molar-refractivity contribution in [3.05, 3.63) is 51.7 Å². The van der Waals surface area contributed by atoms with Gasteiger partial charge in [0.25, 0.3) is 0 Å². The summed E-state index contributed by atoms with van der Waals surface area (Å²) >= 11 is 7.55. The molecule has 2 heterocycles. The van der Waals surface area contributed by atoms with Crippen LogP contribution in [0, 0.1) is 0 Å². The van der Waals surface area contributed by atoms with Gasteiger partial charge in [0.2, 0.25) is 0 Å². The van der Waals surface area contributed by atoms with Crippen LogP contribution in [0.3, 0.4) is 0 Å². The van der Waals surface area contributed by atoms with Crippen molar-refractivity contribution in [2.45, 2.75) is 18.9 Å². The Kier molecular flexibility index (Phi) is 5.54.